The highest BCUT2D eigenvalue weighted by Gasteiger charge is 2.11. The Hall–Kier alpha value is -1.10. The van der Waals surface area contributed by atoms with Crippen LogP contribution in [0, 0.1) is 0 Å². The molecule has 0 aliphatic carbocycles. The van der Waals surface area contributed by atoms with Crippen LogP contribution in [0.1, 0.15) is 18.0 Å². The van der Waals surface area contributed by atoms with Crippen molar-refractivity contribution < 1.29 is 15.0 Å². The van der Waals surface area contributed by atoms with Crippen molar-refractivity contribution in [3.63, 3.8) is 0 Å². The zero-order chi connectivity index (χ0) is 10.4. The van der Waals surface area contributed by atoms with Crippen molar-refractivity contribution in [2.45, 2.75) is 12.5 Å². The second-order valence-corrected chi connectivity index (χ2v) is 3.06. The van der Waals surface area contributed by atoms with Gasteiger partial charge in [-0.3, -0.25) is 4.79 Å². The van der Waals surface area contributed by atoms with Gasteiger partial charge in [-0.1, -0.05) is 41.9 Å². The van der Waals surface area contributed by atoms with Gasteiger partial charge in [0.1, 0.15) is 0 Å². The number of ether oxygens (including phenoxy) is 1. The predicted octanol–water partition coefficient (Wildman–Crippen LogP) is 0.991. The van der Waals surface area contributed by atoms with Gasteiger partial charge in [0.05, 0.1) is 6.42 Å². The standard InChI is InChI=1S/C10H12ClNO2.H2O/c11-7-14-10(13)6-9(12)8-4-2-1-3-5-8;/h1-5,9H,6-7,12H2;1H2. The van der Waals surface area contributed by atoms with Crippen LogP contribution in [0.2, 0.25) is 0 Å². The molecule has 4 N–H and O–H groups in total. The van der Waals surface area contributed by atoms with Gasteiger partial charge < -0.3 is 15.9 Å². The third-order valence-electron chi connectivity index (χ3n) is 1.83. The van der Waals surface area contributed by atoms with Gasteiger partial charge in [-0.2, -0.15) is 0 Å². The van der Waals surface area contributed by atoms with Gasteiger partial charge in [0.25, 0.3) is 0 Å². The molecule has 1 unspecified atom stereocenters. The van der Waals surface area contributed by atoms with Crippen LogP contribution in [0.15, 0.2) is 30.3 Å². The first kappa shape index (κ1) is 13.9. The number of carbonyl (C=O) groups excluding carboxylic acids is 1. The van der Waals surface area contributed by atoms with Crippen molar-refractivity contribution in [3.05, 3.63) is 35.9 Å². The van der Waals surface area contributed by atoms with Crippen LogP contribution in [-0.2, 0) is 9.53 Å². The highest BCUT2D eigenvalue weighted by Crippen LogP contribution is 2.13. The SMILES string of the molecule is NC(CC(=O)OCCl)c1ccccc1.O. The summed E-state index contributed by atoms with van der Waals surface area (Å²) in [5.41, 5.74) is 6.70. The van der Waals surface area contributed by atoms with E-state index >= 15 is 0 Å². The van der Waals surface area contributed by atoms with Gasteiger partial charge in [0.2, 0.25) is 0 Å². The first-order valence-corrected chi connectivity index (χ1v) is 4.79. The molecule has 0 saturated heterocycles. The summed E-state index contributed by atoms with van der Waals surface area (Å²) in [7, 11) is 0. The van der Waals surface area contributed by atoms with Crippen molar-refractivity contribution in [3.8, 4) is 0 Å². The van der Waals surface area contributed by atoms with Crippen molar-refractivity contribution in [1.29, 1.82) is 0 Å². The molecule has 84 valence electrons. The largest absolute Gasteiger partial charge is 0.449 e. The highest BCUT2D eigenvalue weighted by molar-refractivity contribution is 6.17. The molecule has 0 bridgehead atoms. The average Bonchev–Trinajstić information content (AvgIpc) is 2.19. The monoisotopic (exact) mass is 231 g/mol. The van der Waals surface area contributed by atoms with Crippen molar-refractivity contribution in [1.82, 2.24) is 0 Å². The molecule has 0 saturated carbocycles. The van der Waals surface area contributed by atoms with Gasteiger partial charge in [-0.05, 0) is 5.56 Å². The van der Waals surface area contributed by atoms with E-state index in [-0.39, 0.29) is 30.0 Å². The van der Waals surface area contributed by atoms with E-state index in [0.717, 1.165) is 5.56 Å². The molecule has 0 aromatic heterocycles. The molecule has 0 aliphatic rings. The van der Waals surface area contributed by atoms with Crippen LogP contribution in [0.4, 0.5) is 0 Å². The summed E-state index contributed by atoms with van der Waals surface area (Å²) in [5.74, 6) is -0.378. The van der Waals surface area contributed by atoms with Crippen molar-refractivity contribution in [2.75, 3.05) is 6.07 Å². The topological polar surface area (TPSA) is 83.8 Å². The van der Waals surface area contributed by atoms with E-state index in [1.807, 2.05) is 30.3 Å². The Morgan fingerprint density at radius 3 is 2.53 bits per heavy atom. The lowest BCUT2D eigenvalue weighted by Gasteiger charge is -2.10. The third kappa shape index (κ3) is 4.78. The maximum Gasteiger partial charge on any atom is 0.308 e. The minimum absolute atomic E-state index is 0. The Morgan fingerprint density at radius 1 is 1.40 bits per heavy atom. The normalized spacial score (nSPS) is 11.3. The van der Waals surface area contributed by atoms with Gasteiger partial charge in [-0.15, -0.1) is 0 Å². The summed E-state index contributed by atoms with van der Waals surface area (Å²) in [6, 6.07) is 8.95. The van der Waals surface area contributed by atoms with Crippen molar-refractivity contribution >= 4 is 17.6 Å². The fourth-order valence-corrected chi connectivity index (χ4v) is 1.24. The third-order valence-corrected chi connectivity index (χ3v) is 1.94. The molecule has 4 nitrogen and oxygen atoms in total. The van der Waals surface area contributed by atoms with Gasteiger partial charge in [0.15, 0.2) is 6.07 Å². The van der Waals surface area contributed by atoms with E-state index < -0.39 is 0 Å². The lowest BCUT2D eigenvalue weighted by atomic mass is 10.1. The highest BCUT2D eigenvalue weighted by atomic mass is 35.5. The second-order valence-electron chi connectivity index (χ2n) is 2.85. The fourth-order valence-electron chi connectivity index (χ4n) is 1.12. The van der Waals surface area contributed by atoms with Gasteiger partial charge in [-0.25, -0.2) is 0 Å². The Morgan fingerprint density at radius 2 is 2.00 bits per heavy atom. The van der Waals surface area contributed by atoms with Crippen LogP contribution < -0.4 is 5.73 Å². The molecule has 1 aromatic carbocycles. The quantitative estimate of drug-likeness (QED) is 0.620. The molecule has 1 atom stereocenters. The molecule has 0 spiro atoms. The van der Waals surface area contributed by atoms with Crippen LogP contribution in [0.5, 0.6) is 0 Å². The number of carbonyl (C=O) groups is 1. The van der Waals surface area contributed by atoms with Crippen LogP contribution in [-0.4, -0.2) is 17.5 Å². The number of benzene rings is 1. The molecule has 0 amide bonds. The van der Waals surface area contributed by atoms with E-state index in [0.29, 0.717) is 0 Å². The molecule has 0 fully saturated rings. The number of nitrogens with two attached hydrogens (primary N) is 1. The maximum absolute atomic E-state index is 11.0. The smallest absolute Gasteiger partial charge is 0.308 e. The summed E-state index contributed by atoms with van der Waals surface area (Å²) in [6.45, 7) is 0. The molecule has 5 heteroatoms. The Kier molecular flexibility index (Phi) is 6.70. The summed E-state index contributed by atoms with van der Waals surface area (Å²) in [6.07, 6.45) is 0.150. The van der Waals surface area contributed by atoms with Gasteiger partial charge >= 0.3 is 5.97 Å². The number of alkyl halides is 1. The summed E-state index contributed by atoms with van der Waals surface area (Å²) < 4.78 is 4.58. The summed E-state index contributed by atoms with van der Waals surface area (Å²) >= 11 is 5.24. The van der Waals surface area contributed by atoms with E-state index in [9.17, 15) is 4.79 Å². The number of rotatable bonds is 4. The molecular weight excluding hydrogens is 218 g/mol. The van der Waals surface area contributed by atoms with Crippen molar-refractivity contribution in [2.24, 2.45) is 5.73 Å². The van der Waals surface area contributed by atoms with Crippen LogP contribution in [0.3, 0.4) is 0 Å². The lowest BCUT2D eigenvalue weighted by molar-refractivity contribution is -0.142. The molecule has 1 aromatic rings. The minimum atomic E-state index is -0.378. The number of halogens is 1. The predicted molar refractivity (Wildman–Crippen MR) is 58.4 cm³/mol. The van der Waals surface area contributed by atoms with E-state index in [4.69, 9.17) is 17.3 Å². The Bertz CT molecular complexity index is 292. The molecule has 0 heterocycles. The van der Waals surface area contributed by atoms with E-state index in [1.54, 1.807) is 0 Å². The molecule has 0 aliphatic heterocycles. The number of esters is 1. The van der Waals surface area contributed by atoms with E-state index in [2.05, 4.69) is 4.74 Å². The minimum Gasteiger partial charge on any atom is -0.449 e. The maximum atomic E-state index is 11.0. The zero-order valence-electron chi connectivity index (χ0n) is 8.15. The van der Waals surface area contributed by atoms with Gasteiger partial charge in [0, 0.05) is 6.04 Å². The number of hydrogen-bond donors (Lipinski definition) is 1. The molecular formula is C10H14ClNO3. The average molecular weight is 232 g/mol. The lowest BCUT2D eigenvalue weighted by Crippen LogP contribution is -2.16. The number of hydrogen-bond acceptors (Lipinski definition) is 3. The molecule has 15 heavy (non-hydrogen) atoms. The Labute approximate surface area is 93.3 Å². The first-order valence-electron chi connectivity index (χ1n) is 4.26. The molecule has 1 rings (SSSR count). The first-order chi connectivity index (χ1) is 6.74. The van der Waals surface area contributed by atoms with Crippen LogP contribution in [0.25, 0.3) is 0 Å². The molecule has 0 radical (unpaired) electrons. The fraction of sp³-hybridized carbons (Fsp3) is 0.300. The second kappa shape index (κ2) is 7.23. The van der Waals surface area contributed by atoms with E-state index in [1.165, 1.54) is 0 Å². The van der Waals surface area contributed by atoms with Crippen LogP contribution >= 0.6 is 11.6 Å². The Balaban J connectivity index is 0.00000196. The summed E-state index contributed by atoms with van der Waals surface area (Å²) in [5, 5.41) is 0. The summed E-state index contributed by atoms with van der Waals surface area (Å²) in [4.78, 5) is 11.0. The zero-order valence-corrected chi connectivity index (χ0v) is 8.91.